The summed E-state index contributed by atoms with van der Waals surface area (Å²) >= 11 is 0. The van der Waals surface area contributed by atoms with Gasteiger partial charge in [0.1, 0.15) is 5.82 Å². The average Bonchev–Trinajstić information content (AvgIpc) is 2.86. The lowest BCUT2D eigenvalue weighted by Gasteiger charge is -1.99. The highest BCUT2D eigenvalue weighted by molar-refractivity contribution is 5.11. The van der Waals surface area contributed by atoms with E-state index in [1.54, 1.807) is 6.20 Å². The van der Waals surface area contributed by atoms with Crippen LogP contribution in [0.15, 0.2) is 18.5 Å². The van der Waals surface area contributed by atoms with Gasteiger partial charge in [-0.1, -0.05) is 12.8 Å². The summed E-state index contributed by atoms with van der Waals surface area (Å²) in [6.07, 6.45) is 7.78. The lowest BCUT2D eigenvalue weighted by Crippen LogP contribution is -1.92. The number of aryl methyl sites for hydroxylation is 1. The molecule has 2 heteroatoms. The Balaban J connectivity index is 1.96. The van der Waals surface area contributed by atoms with E-state index in [1.807, 2.05) is 0 Å². The van der Waals surface area contributed by atoms with Gasteiger partial charge in [0.15, 0.2) is 0 Å². The van der Waals surface area contributed by atoms with Crippen LogP contribution >= 0.6 is 0 Å². The van der Waals surface area contributed by atoms with Gasteiger partial charge in [-0.05, 0) is 24.8 Å². The van der Waals surface area contributed by atoms with Crippen LogP contribution in [0.5, 0.6) is 0 Å². The minimum absolute atomic E-state index is 0.106. The zero-order valence-corrected chi connectivity index (χ0v) is 6.96. The normalized spacial score (nSPS) is 16.4. The van der Waals surface area contributed by atoms with Crippen molar-refractivity contribution in [2.24, 2.45) is 5.92 Å². The van der Waals surface area contributed by atoms with Gasteiger partial charge in [-0.2, -0.15) is 0 Å². The van der Waals surface area contributed by atoms with Crippen molar-refractivity contribution in [1.29, 1.82) is 0 Å². The zero-order valence-electron chi connectivity index (χ0n) is 6.96. The number of aromatic nitrogens is 1. The van der Waals surface area contributed by atoms with Gasteiger partial charge in [0.05, 0.1) is 0 Å². The largest absolute Gasteiger partial charge is 0.264 e. The standard InChI is InChI=1S/C10H12FN/c11-10-5-6-12-7-9(10)4-3-8-1-2-8/h5-8H,1-4H2. The number of nitrogens with zero attached hydrogens (tertiary/aromatic N) is 1. The molecule has 0 radical (unpaired) electrons. The Bertz CT molecular complexity index is 268. The molecule has 1 aliphatic carbocycles. The molecule has 0 unspecified atom stereocenters. The van der Waals surface area contributed by atoms with E-state index in [1.165, 1.54) is 25.1 Å². The minimum Gasteiger partial charge on any atom is -0.264 e. The van der Waals surface area contributed by atoms with Crippen molar-refractivity contribution in [2.75, 3.05) is 0 Å². The molecule has 1 nitrogen and oxygen atoms in total. The summed E-state index contributed by atoms with van der Waals surface area (Å²) in [5.41, 5.74) is 0.768. The molecular weight excluding hydrogens is 153 g/mol. The molecule has 1 heterocycles. The topological polar surface area (TPSA) is 12.9 Å². The van der Waals surface area contributed by atoms with E-state index in [4.69, 9.17) is 0 Å². The van der Waals surface area contributed by atoms with Gasteiger partial charge < -0.3 is 0 Å². The van der Waals surface area contributed by atoms with Crippen LogP contribution in [-0.2, 0) is 6.42 Å². The first-order valence-electron chi connectivity index (χ1n) is 4.44. The Morgan fingerprint density at radius 1 is 1.50 bits per heavy atom. The third kappa shape index (κ3) is 1.81. The lowest BCUT2D eigenvalue weighted by molar-refractivity contribution is 0.594. The SMILES string of the molecule is Fc1ccncc1CCC1CC1. The molecule has 1 aromatic rings. The lowest BCUT2D eigenvalue weighted by atomic mass is 10.1. The predicted octanol–water partition coefficient (Wildman–Crippen LogP) is 2.56. The smallest absolute Gasteiger partial charge is 0.129 e. The number of rotatable bonds is 3. The Kier molecular flexibility index (Phi) is 2.07. The summed E-state index contributed by atoms with van der Waals surface area (Å²) in [5.74, 6) is 0.759. The second-order valence-electron chi connectivity index (χ2n) is 3.45. The molecule has 0 spiro atoms. The molecule has 12 heavy (non-hydrogen) atoms. The first kappa shape index (κ1) is 7.71. The fraction of sp³-hybridized carbons (Fsp3) is 0.500. The van der Waals surface area contributed by atoms with Crippen LogP contribution < -0.4 is 0 Å². The second-order valence-corrected chi connectivity index (χ2v) is 3.45. The Morgan fingerprint density at radius 2 is 2.33 bits per heavy atom. The van der Waals surface area contributed by atoms with Crippen LogP contribution in [0.2, 0.25) is 0 Å². The van der Waals surface area contributed by atoms with Crippen molar-refractivity contribution in [2.45, 2.75) is 25.7 Å². The van der Waals surface area contributed by atoms with Crippen LogP contribution in [0.1, 0.15) is 24.8 Å². The monoisotopic (exact) mass is 165 g/mol. The van der Waals surface area contributed by atoms with Crippen LogP contribution in [0.3, 0.4) is 0 Å². The molecule has 1 aliphatic rings. The molecule has 0 aliphatic heterocycles. The van der Waals surface area contributed by atoms with Crippen molar-refractivity contribution in [1.82, 2.24) is 4.98 Å². The molecule has 0 amide bonds. The fourth-order valence-corrected chi connectivity index (χ4v) is 1.36. The van der Waals surface area contributed by atoms with E-state index >= 15 is 0 Å². The summed E-state index contributed by atoms with van der Waals surface area (Å²) in [7, 11) is 0. The van der Waals surface area contributed by atoms with Crippen LogP contribution in [0.4, 0.5) is 4.39 Å². The zero-order chi connectivity index (χ0) is 8.39. The van der Waals surface area contributed by atoms with Crippen LogP contribution in [-0.4, -0.2) is 4.98 Å². The van der Waals surface area contributed by atoms with Gasteiger partial charge in [-0.3, -0.25) is 4.98 Å². The molecule has 0 bridgehead atoms. The maximum absolute atomic E-state index is 13.0. The van der Waals surface area contributed by atoms with E-state index in [-0.39, 0.29) is 5.82 Å². The van der Waals surface area contributed by atoms with Crippen molar-refractivity contribution >= 4 is 0 Å². The predicted molar refractivity (Wildman–Crippen MR) is 45.2 cm³/mol. The highest BCUT2D eigenvalue weighted by Gasteiger charge is 2.20. The molecule has 1 saturated carbocycles. The van der Waals surface area contributed by atoms with Crippen molar-refractivity contribution < 1.29 is 4.39 Å². The summed E-state index contributed by atoms with van der Waals surface area (Å²) in [6.45, 7) is 0. The average molecular weight is 165 g/mol. The van der Waals surface area contributed by atoms with Gasteiger partial charge in [0.25, 0.3) is 0 Å². The first-order chi connectivity index (χ1) is 5.86. The maximum Gasteiger partial charge on any atom is 0.129 e. The Hall–Kier alpha value is -0.920. The van der Waals surface area contributed by atoms with Crippen LogP contribution in [0.25, 0.3) is 0 Å². The van der Waals surface area contributed by atoms with E-state index in [0.29, 0.717) is 0 Å². The van der Waals surface area contributed by atoms with Crippen molar-refractivity contribution in [3.63, 3.8) is 0 Å². The molecule has 0 saturated heterocycles. The molecule has 0 atom stereocenters. The maximum atomic E-state index is 13.0. The van der Waals surface area contributed by atoms with Gasteiger partial charge in [0, 0.05) is 18.0 Å². The molecule has 1 fully saturated rings. The summed E-state index contributed by atoms with van der Waals surface area (Å²) < 4.78 is 13.0. The number of halogens is 1. The van der Waals surface area contributed by atoms with Crippen molar-refractivity contribution in [3.8, 4) is 0 Å². The fourth-order valence-electron chi connectivity index (χ4n) is 1.36. The molecule has 2 rings (SSSR count). The summed E-state index contributed by atoms with van der Waals surface area (Å²) in [4.78, 5) is 3.90. The second kappa shape index (κ2) is 3.21. The number of hydrogen-bond donors (Lipinski definition) is 0. The Morgan fingerprint density at radius 3 is 3.00 bits per heavy atom. The van der Waals surface area contributed by atoms with E-state index in [9.17, 15) is 4.39 Å². The minimum atomic E-state index is -0.106. The van der Waals surface area contributed by atoms with Gasteiger partial charge in [0.2, 0.25) is 0 Å². The number of pyridine rings is 1. The van der Waals surface area contributed by atoms with E-state index in [0.717, 1.165) is 24.3 Å². The summed E-state index contributed by atoms with van der Waals surface area (Å²) in [6, 6.07) is 1.43. The first-order valence-corrected chi connectivity index (χ1v) is 4.44. The van der Waals surface area contributed by atoms with Gasteiger partial charge >= 0.3 is 0 Å². The summed E-state index contributed by atoms with van der Waals surface area (Å²) in [5, 5.41) is 0. The van der Waals surface area contributed by atoms with Gasteiger partial charge in [-0.15, -0.1) is 0 Å². The third-order valence-electron chi connectivity index (χ3n) is 2.36. The molecule has 0 aromatic carbocycles. The molecule has 0 N–H and O–H groups in total. The van der Waals surface area contributed by atoms with Gasteiger partial charge in [-0.25, -0.2) is 4.39 Å². The quantitative estimate of drug-likeness (QED) is 0.670. The van der Waals surface area contributed by atoms with Crippen LogP contribution in [0, 0.1) is 11.7 Å². The van der Waals surface area contributed by atoms with Crippen molar-refractivity contribution in [3.05, 3.63) is 29.8 Å². The highest BCUT2D eigenvalue weighted by Crippen LogP contribution is 2.33. The van der Waals surface area contributed by atoms with E-state index < -0.39 is 0 Å². The molecule has 64 valence electrons. The molecule has 1 aromatic heterocycles. The highest BCUT2D eigenvalue weighted by atomic mass is 19.1. The number of hydrogen-bond acceptors (Lipinski definition) is 1. The van der Waals surface area contributed by atoms with E-state index in [2.05, 4.69) is 4.98 Å². The third-order valence-corrected chi connectivity index (χ3v) is 2.36. The Labute approximate surface area is 71.6 Å². The molecular formula is C10H12FN.